The third kappa shape index (κ3) is 2.61. The molecule has 2 saturated heterocycles. The molecule has 0 aromatic carbocycles. The number of ether oxygens (including phenoxy) is 1. The largest absolute Gasteiger partial charge is 0.378 e. The van der Waals surface area contributed by atoms with Crippen LogP contribution < -0.4 is 5.32 Å². The van der Waals surface area contributed by atoms with Crippen LogP contribution in [-0.4, -0.2) is 47.6 Å². The number of hydrogen-bond acceptors (Lipinski definition) is 3. The third-order valence-electron chi connectivity index (χ3n) is 4.26. The molecular formula is C14H24N2O3. The van der Waals surface area contributed by atoms with E-state index in [0.29, 0.717) is 18.9 Å². The van der Waals surface area contributed by atoms with Gasteiger partial charge in [0.2, 0.25) is 11.8 Å². The molecule has 3 atom stereocenters. The molecule has 0 aromatic heterocycles. The third-order valence-corrected chi connectivity index (χ3v) is 4.26. The predicted octanol–water partition coefficient (Wildman–Crippen LogP) is 0.927. The maximum atomic E-state index is 12.5. The quantitative estimate of drug-likeness (QED) is 0.828. The first-order chi connectivity index (χ1) is 8.86. The molecule has 2 aliphatic rings. The second-order valence-electron chi connectivity index (χ2n) is 6.12. The lowest BCUT2D eigenvalue weighted by Crippen LogP contribution is -2.68. The minimum Gasteiger partial charge on any atom is -0.378 e. The Labute approximate surface area is 114 Å². The lowest BCUT2D eigenvalue weighted by molar-refractivity contribution is -0.154. The summed E-state index contributed by atoms with van der Waals surface area (Å²) in [5, 5.41) is 2.81. The van der Waals surface area contributed by atoms with Gasteiger partial charge in [0.15, 0.2) is 0 Å². The number of hydrogen-bond donors (Lipinski definition) is 1. The molecule has 108 valence electrons. The SMILES string of the molecule is CCC1C(=O)NC(C)(C)C(=O)N1CC1CCOC1C. The Morgan fingerprint density at radius 1 is 1.42 bits per heavy atom. The van der Waals surface area contributed by atoms with Crippen molar-refractivity contribution in [2.75, 3.05) is 13.2 Å². The topological polar surface area (TPSA) is 58.6 Å². The molecule has 5 heteroatoms. The van der Waals surface area contributed by atoms with E-state index in [-0.39, 0.29) is 24.0 Å². The molecule has 2 heterocycles. The molecule has 2 rings (SSSR count). The molecular weight excluding hydrogens is 244 g/mol. The van der Waals surface area contributed by atoms with E-state index >= 15 is 0 Å². The van der Waals surface area contributed by atoms with Crippen molar-refractivity contribution < 1.29 is 14.3 Å². The molecule has 0 saturated carbocycles. The number of nitrogens with one attached hydrogen (secondary N) is 1. The van der Waals surface area contributed by atoms with Crippen LogP contribution in [0.25, 0.3) is 0 Å². The molecule has 1 N–H and O–H groups in total. The van der Waals surface area contributed by atoms with E-state index in [1.165, 1.54) is 0 Å². The fraction of sp³-hybridized carbons (Fsp3) is 0.857. The summed E-state index contributed by atoms with van der Waals surface area (Å²) in [5.74, 6) is 0.302. The van der Waals surface area contributed by atoms with Crippen LogP contribution in [0, 0.1) is 5.92 Å². The fourth-order valence-corrected chi connectivity index (χ4v) is 2.97. The van der Waals surface area contributed by atoms with Gasteiger partial charge < -0.3 is 15.0 Å². The molecule has 19 heavy (non-hydrogen) atoms. The minimum absolute atomic E-state index is 0.0121. The van der Waals surface area contributed by atoms with Gasteiger partial charge in [-0.3, -0.25) is 9.59 Å². The van der Waals surface area contributed by atoms with E-state index in [1.54, 1.807) is 18.7 Å². The van der Waals surface area contributed by atoms with E-state index in [1.807, 2.05) is 13.8 Å². The fourth-order valence-electron chi connectivity index (χ4n) is 2.97. The molecule has 0 spiro atoms. The standard InChI is InChI=1S/C14H24N2O3/c1-5-11-12(17)15-14(3,4)13(18)16(11)8-10-6-7-19-9(10)2/h9-11H,5-8H2,1-4H3,(H,15,17). The van der Waals surface area contributed by atoms with E-state index in [0.717, 1.165) is 13.0 Å². The summed E-state index contributed by atoms with van der Waals surface area (Å²) in [4.78, 5) is 26.4. The summed E-state index contributed by atoms with van der Waals surface area (Å²) in [6, 6.07) is -0.340. The maximum Gasteiger partial charge on any atom is 0.248 e. The van der Waals surface area contributed by atoms with Crippen molar-refractivity contribution in [1.82, 2.24) is 10.2 Å². The zero-order valence-electron chi connectivity index (χ0n) is 12.2. The van der Waals surface area contributed by atoms with Gasteiger partial charge >= 0.3 is 0 Å². The highest BCUT2D eigenvalue weighted by Gasteiger charge is 2.45. The summed E-state index contributed by atoms with van der Waals surface area (Å²) in [6.45, 7) is 8.88. The highest BCUT2D eigenvalue weighted by Crippen LogP contribution is 2.26. The Kier molecular flexibility index (Phi) is 3.85. The predicted molar refractivity (Wildman–Crippen MR) is 71.5 cm³/mol. The van der Waals surface area contributed by atoms with Crippen LogP contribution in [0.15, 0.2) is 0 Å². The minimum atomic E-state index is -0.800. The van der Waals surface area contributed by atoms with Crippen LogP contribution in [0.3, 0.4) is 0 Å². The number of carbonyl (C=O) groups excluding carboxylic acids is 2. The van der Waals surface area contributed by atoms with Crippen molar-refractivity contribution in [3.63, 3.8) is 0 Å². The second-order valence-corrected chi connectivity index (χ2v) is 6.12. The Morgan fingerprint density at radius 3 is 2.63 bits per heavy atom. The zero-order chi connectivity index (χ0) is 14.2. The van der Waals surface area contributed by atoms with Crippen molar-refractivity contribution in [2.45, 2.75) is 58.2 Å². The van der Waals surface area contributed by atoms with Gasteiger partial charge in [-0.25, -0.2) is 0 Å². The van der Waals surface area contributed by atoms with Gasteiger partial charge in [0.05, 0.1) is 6.10 Å². The number of piperazine rings is 1. The van der Waals surface area contributed by atoms with Crippen molar-refractivity contribution in [3.05, 3.63) is 0 Å². The maximum absolute atomic E-state index is 12.5. The zero-order valence-corrected chi connectivity index (χ0v) is 12.2. The molecule has 2 aliphatic heterocycles. The van der Waals surface area contributed by atoms with E-state index in [9.17, 15) is 9.59 Å². The molecule has 2 amide bonds. The summed E-state index contributed by atoms with van der Waals surface area (Å²) in [6.07, 6.45) is 1.78. The summed E-state index contributed by atoms with van der Waals surface area (Å²) in [5.41, 5.74) is -0.800. The van der Waals surface area contributed by atoms with E-state index < -0.39 is 5.54 Å². The number of amides is 2. The van der Waals surface area contributed by atoms with Crippen LogP contribution in [0.5, 0.6) is 0 Å². The first-order valence-electron chi connectivity index (χ1n) is 7.11. The summed E-state index contributed by atoms with van der Waals surface area (Å²) >= 11 is 0. The molecule has 0 bridgehead atoms. The van der Waals surface area contributed by atoms with Gasteiger partial charge in [-0.1, -0.05) is 6.92 Å². The Bertz CT molecular complexity index is 381. The summed E-state index contributed by atoms with van der Waals surface area (Å²) in [7, 11) is 0. The van der Waals surface area contributed by atoms with Crippen LogP contribution in [-0.2, 0) is 14.3 Å². The van der Waals surface area contributed by atoms with E-state index in [2.05, 4.69) is 5.32 Å². The smallest absolute Gasteiger partial charge is 0.248 e. The van der Waals surface area contributed by atoms with Crippen molar-refractivity contribution in [2.24, 2.45) is 5.92 Å². The lowest BCUT2D eigenvalue weighted by atomic mass is 9.93. The number of carbonyl (C=O) groups is 2. The molecule has 5 nitrogen and oxygen atoms in total. The Balaban J connectivity index is 2.17. The summed E-state index contributed by atoms with van der Waals surface area (Å²) < 4.78 is 5.55. The van der Waals surface area contributed by atoms with Crippen molar-refractivity contribution in [1.29, 1.82) is 0 Å². The average Bonchev–Trinajstić information content (AvgIpc) is 2.71. The Hall–Kier alpha value is -1.10. The van der Waals surface area contributed by atoms with Gasteiger partial charge in [-0.15, -0.1) is 0 Å². The van der Waals surface area contributed by atoms with Gasteiger partial charge in [0, 0.05) is 19.1 Å². The van der Waals surface area contributed by atoms with E-state index in [4.69, 9.17) is 4.74 Å². The monoisotopic (exact) mass is 268 g/mol. The van der Waals surface area contributed by atoms with Crippen molar-refractivity contribution >= 4 is 11.8 Å². The highest BCUT2D eigenvalue weighted by molar-refractivity contribution is 5.99. The first kappa shape index (κ1) is 14.3. The highest BCUT2D eigenvalue weighted by atomic mass is 16.5. The van der Waals surface area contributed by atoms with Crippen LogP contribution in [0.2, 0.25) is 0 Å². The van der Waals surface area contributed by atoms with Gasteiger partial charge in [0.1, 0.15) is 11.6 Å². The number of rotatable bonds is 3. The molecule has 0 aromatic rings. The van der Waals surface area contributed by atoms with Gasteiger partial charge in [-0.05, 0) is 33.6 Å². The molecule has 0 aliphatic carbocycles. The lowest BCUT2D eigenvalue weighted by Gasteiger charge is -2.43. The number of nitrogens with zero attached hydrogens (tertiary/aromatic N) is 1. The first-order valence-corrected chi connectivity index (χ1v) is 7.11. The van der Waals surface area contributed by atoms with Gasteiger partial charge in [0.25, 0.3) is 0 Å². The normalized spacial score (nSPS) is 34.5. The van der Waals surface area contributed by atoms with Crippen molar-refractivity contribution in [3.8, 4) is 0 Å². The Morgan fingerprint density at radius 2 is 2.11 bits per heavy atom. The molecule has 2 fully saturated rings. The average molecular weight is 268 g/mol. The molecule has 3 unspecified atom stereocenters. The second kappa shape index (κ2) is 5.12. The van der Waals surface area contributed by atoms with Crippen LogP contribution >= 0.6 is 0 Å². The van der Waals surface area contributed by atoms with Gasteiger partial charge in [-0.2, -0.15) is 0 Å². The van der Waals surface area contributed by atoms with Crippen LogP contribution in [0.4, 0.5) is 0 Å². The molecule has 0 radical (unpaired) electrons. The van der Waals surface area contributed by atoms with Crippen LogP contribution in [0.1, 0.15) is 40.5 Å².